The minimum absolute atomic E-state index is 0.00760. The van der Waals surface area contributed by atoms with E-state index in [0.717, 1.165) is 37.4 Å². The van der Waals surface area contributed by atoms with Crippen LogP contribution in [-0.2, 0) is 9.47 Å². The quantitative estimate of drug-likeness (QED) is 0.893. The number of hydrogen-bond donors (Lipinski definition) is 1. The van der Waals surface area contributed by atoms with E-state index in [2.05, 4.69) is 10.2 Å². The molecule has 0 saturated carbocycles. The minimum atomic E-state index is 0.00760. The predicted octanol–water partition coefficient (Wildman–Crippen LogP) is 1.04. The summed E-state index contributed by atoms with van der Waals surface area (Å²) in [6, 6.07) is 7.73. The molecule has 0 aliphatic carbocycles. The fourth-order valence-electron chi connectivity index (χ4n) is 2.67. The van der Waals surface area contributed by atoms with E-state index in [9.17, 15) is 4.79 Å². The number of amides is 1. The van der Waals surface area contributed by atoms with Crippen LogP contribution in [0.4, 0.5) is 5.69 Å². The van der Waals surface area contributed by atoms with Crippen molar-refractivity contribution in [1.82, 2.24) is 5.32 Å². The number of nitrogens with one attached hydrogen (secondary N) is 1. The molecule has 0 spiro atoms. The molecule has 5 heteroatoms. The largest absolute Gasteiger partial charge is 0.379 e. The Morgan fingerprint density at radius 2 is 2.30 bits per heavy atom. The van der Waals surface area contributed by atoms with Crippen molar-refractivity contribution in [1.29, 1.82) is 0 Å². The third-order valence-corrected chi connectivity index (χ3v) is 3.76. The second kappa shape index (κ2) is 6.24. The van der Waals surface area contributed by atoms with Crippen LogP contribution >= 0.6 is 0 Å². The first-order valence-electron chi connectivity index (χ1n) is 7.16. The molecule has 1 fully saturated rings. The highest BCUT2D eigenvalue weighted by Gasteiger charge is 2.21. The lowest BCUT2D eigenvalue weighted by molar-refractivity contribution is 0.0468. The molecule has 0 bridgehead atoms. The van der Waals surface area contributed by atoms with Crippen LogP contribution in [0.3, 0.4) is 0 Å². The summed E-state index contributed by atoms with van der Waals surface area (Å²) < 4.78 is 11.1. The fourth-order valence-corrected chi connectivity index (χ4v) is 2.67. The van der Waals surface area contributed by atoms with E-state index in [1.807, 2.05) is 24.3 Å². The number of anilines is 1. The molecule has 1 unspecified atom stereocenters. The third kappa shape index (κ3) is 2.94. The molecule has 1 aromatic rings. The number of fused-ring (bicyclic) bond motifs is 1. The molecule has 1 amide bonds. The topological polar surface area (TPSA) is 50.8 Å². The molecule has 1 atom stereocenters. The lowest BCUT2D eigenvalue weighted by Crippen LogP contribution is -2.33. The van der Waals surface area contributed by atoms with Crippen molar-refractivity contribution >= 4 is 11.6 Å². The van der Waals surface area contributed by atoms with Gasteiger partial charge in [0.05, 0.1) is 24.9 Å². The summed E-state index contributed by atoms with van der Waals surface area (Å²) in [5.74, 6) is 0.00760. The lowest BCUT2D eigenvalue weighted by atomic mass is 10.1. The van der Waals surface area contributed by atoms with E-state index in [-0.39, 0.29) is 12.0 Å². The Balaban J connectivity index is 1.63. The number of hydrogen-bond acceptors (Lipinski definition) is 4. The Labute approximate surface area is 118 Å². The number of nitrogens with zero attached hydrogens (tertiary/aromatic N) is 1. The zero-order valence-electron chi connectivity index (χ0n) is 11.5. The molecule has 0 aromatic heterocycles. The van der Waals surface area contributed by atoms with E-state index in [1.165, 1.54) is 0 Å². The van der Waals surface area contributed by atoms with Gasteiger partial charge in [-0.2, -0.15) is 0 Å². The average Bonchev–Trinajstić information content (AvgIpc) is 2.93. The lowest BCUT2D eigenvalue weighted by Gasteiger charge is -2.24. The van der Waals surface area contributed by atoms with Gasteiger partial charge in [0.25, 0.3) is 5.91 Å². The maximum atomic E-state index is 11.9. The molecule has 2 aliphatic heterocycles. The first-order chi connectivity index (χ1) is 9.84. The molecule has 2 aliphatic rings. The van der Waals surface area contributed by atoms with Crippen molar-refractivity contribution in [2.75, 3.05) is 44.4 Å². The van der Waals surface area contributed by atoms with Crippen LogP contribution in [0.25, 0.3) is 0 Å². The van der Waals surface area contributed by atoms with E-state index < -0.39 is 0 Å². The van der Waals surface area contributed by atoms with Crippen LogP contribution in [0.1, 0.15) is 16.8 Å². The normalized spacial score (nSPS) is 22.3. The van der Waals surface area contributed by atoms with E-state index in [4.69, 9.17) is 9.47 Å². The summed E-state index contributed by atoms with van der Waals surface area (Å²) in [4.78, 5) is 14.2. The highest BCUT2D eigenvalue weighted by molar-refractivity contribution is 6.00. The summed E-state index contributed by atoms with van der Waals surface area (Å²) in [5.41, 5.74) is 1.74. The van der Waals surface area contributed by atoms with Crippen molar-refractivity contribution in [3.8, 4) is 0 Å². The van der Waals surface area contributed by atoms with Crippen molar-refractivity contribution in [3.05, 3.63) is 29.8 Å². The zero-order valence-corrected chi connectivity index (χ0v) is 11.5. The first-order valence-corrected chi connectivity index (χ1v) is 7.16. The summed E-state index contributed by atoms with van der Waals surface area (Å²) in [6.07, 6.45) is 1.22. The number of rotatable bonds is 4. The molecular formula is C15H20N2O3. The van der Waals surface area contributed by atoms with Crippen LogP contribution in [0.2, 0.25) is 0 Å². The van der Waals surface area contributed by atoms with Crippen molar-refractivity contribution < 1.29 is 14.3 Å². The van der Waals surface area contributed by atoms with Crippen molar-refractivity contribution in [2.45, 2.75) is 12.5 Å². The van der Waals surface area contributed by atoms with Gasteiger partial charge < -0.3 is 19.7 Å². The highest BCUT2D eigenvalue weighted by Crippen LogP contribution is 2.21. The standard InChI is InChI=1S/C15H20N2O3/c18-15-13-3-1-2-4-14(13)17(7-6-16-15)8-10-20-12-5-9-19-11-12/h1-4,12H,5-11H2,(H,16,18). The van der Waals surface area contributed by atoms with Gasteiger partial charge in [-0.3, -0.25) is 4.79 Å². The molecule has 2 heterocycles. The fraction of sp³-hybridized carbons (Fsp3) is 0.533. The highest BCUT2D eigenvalue weighted by atomic mass is 16.5. The number of para-hydroxylation sites is 1. The summed E-state index contributed by atoms with van der Waals surface area (Å²) in [7, 11) is 0. The van der Waals surface area contributed by atoms with Crippen molar-refractivity contribution in [3.63, 3.8) is 0 Å². The molecule has 20 heavy (non-hydrogen) atoms. The Morgan fingerprint density at radius 1 is 1.40 bits per heavy atom. The van der Waals surface area contributed by atoms with Gasteiger partial charge in [-0.25, -0.2) is 0 Å². The molecule has 5 nitrogen and oxygen atoms in total. The van der Waals surface area contributed by atoms with Crippen LogP contribution < -0.4 is 10.2 Å². The van der Waals surface area contributed by atoms with Gasteiger partial charge in [0.15, 0.2) is 0 Å². The number of ether oxygens (including phenoxy) is 2. The van der Waals surface area contributed by atoms with Gasteiger partial charge in [0, 0.05) is 31.9 Å². The summed E-state index contributed by atoms with van der Waals surface area (Å²) in [6.45, 7) is 4.44. The molecule has 1 N–H and O–H groups in total. The Morgan fingerprint density at radius 3 is 3.15 bits per heavy atom. The smallest absolute Gasteiger partial charge is 0.253 e. The van der Waals surface area contributed by atoms with Gasteiger partial charge in [0.1, 0.15) is 0 Å². The predicted molar refractivity (Wildman–Crippen MR) is 76.2 cm³/mol. The number of benzene rings is 1. The van der Waals surface area contributed by atoms with Crippen LogP contribution in [0, 0.1) is 0 Å². The Bertz CT molecular complexity index is 472. The summed E-state index contributed by atoms with van der Waals surface area (Å²) >= 11 is 0. The molecule has 108 valence electrons. The number of carbonyl (C=O) groups excluding carboxylic acids is 1. The maximum absolute atomic E-state index is 11.9. The SMILES string of the molecule is O=C1NCCN(CCOC2CCOC2)c2ccccc21. The Hall–Kier alpha value is -1.59. The monoisotopic (exact) mass is 276 g/mol. The molecule has 1 saturated heterocycles. The van der Waals surface area contributed by atoms with Gasteiger partial charge >= 0.3 is 0 Å². The van der Waals surface area contributed by atoms with Crippen LogP contribution in [0.5, 0.6) is 0 Å². The van der Waals surface area contributed by atoms with Crippen molar-refractivity contribution in [2.24, 2.45) is 0 Å². The molecule has 1 aromatic carbocycles. The average molecular weight is 276 g/mol. The zero-order chi connectivity index (χ0) is 13.8. The number of carbonyl (C=O) groups is 1. The molecular weight excluding hydrogens is 256 g/mol. The maximum Gasteiger partial charge on any atom is 0.253 e. The second-order valence-electron chi connectivity index (χ2n) is 5.12. The van der Waals surface area contributed by atoms with Crippen LogP contribution in [0.15, 0.2) is 24.3 Å². The van der Waals surface area contributed by atoms with E-state index >= 15 is 0 Å². The molecule has 0 radical (unpaired) electrons. The van der Waals surface area contributed by atoms with Gasteiger partial charge in [-0.1, -0.05) is 12.1 Å². The van der Waals surface area contributed by atoms with Gasteiger partial charge in [-0.05, 0) is 18.6 Å². The first kappa shape index (κ1) is 13.4. The second-order valence-corrected chi connectivity index (χ2v) is 5.12. The Kier molecular flexibility index (Phi) is 4.18. The van der Waals surface area contributed by atoms with Crippen LogP contribution in [-0.4, -0.2) is 51.5 Å². The van der Waals surface area contributed by atoms with Gasteiger partial charge in [-0.15, -0.1) is 0 Å². The molecule has 3 rings (SSSR count). The van der Waals surface area contributed by atoms with Gasteiger partial charge in [0.2, 0.25) is 0 Å². The summed E-state index contributed by atoms with van der Waals surface area (Å²) in [5, 5.41) is 2.92. The minimum Gasteiger partial charge on any atom is -0.379 e. The van der Waals surface area contributed by atoms with E-state index in [1.54, 1.807) is 0 Å². The van der Waals surface area contributed by atoms with E-state index in [0.29, 0.717) is 19.8 Å². The third-order valence-electron chi connectivity index (χ3n) is 3.76.